The average molecular weight is 378 g/mol. The van der Waals surface area contributed by atoms with Crippen LogP contribution >= 0.6 is 0 Å². The number of rotatable bonds is 4. The highest BCUT2D eigenvalue weighted by atomic mass is 19.1. The highest BCUT2D eigenvalue weighted by molar-refractivity contribution is 5.95. The van der Waals surface area contributed by atoms with Gasteiger partial charge >= 0.3 is 0 Å². The Morgan fingerprint density at radius 2 is 1.75 bits per heavy atom. The number of fused-ring (bicyclic) bond motifs is 1. The van der Waals surface area contributed by atoms with Crippen LogP contribution in [0, 0.1) is 5.82 Å². The number of aromatic amines is 2. The van der Waals surface area contributed by atoms with Crippen molar-refractivity contribution >= 4 is 10.9 Å². The van der Waals surface area contributed by atoms with Crippen LogP contribution in [0.3, 0.4) is 0 Å². The molecule has 1 aliphatic heterocycles. The molecule has 28 heavy (non-hydrogen) atoms. The van der Waals surface area contributed by atoms with E-state index in [2.05, 4.69) is 30.3 Å². The second-order valence-electron chi connectivity index (χ2n) is 6.83. The smallest absolute Gasteiger partial charge is 0.181 e. The number of hydrogen-bond donors (Lipinski definition) is 2. The molecule has 7 nitrogen and oxygen atoms in total. The van der Waals surface area contributed by atoms with Gasteiger partial charge in [-0.3, -0.25) is 15.1 Å². The van der Waals surface area contributed by atoms with E-state index in [9.17, 15) is 4.39 Å². The lowest BCUT2D eigenvalue weighted by atomic mass is 10.1. The Morgan fingerprint density at radius 1 is 0.964 bits per heavy atom. The molecular weight excluding hydrogens is 359 g/mol. The van der Waals surface area contributed by atoms with Gasteiger partial charge in [-0.2, -0.15) is 10.2 Å². The van der Waals surface area contributed by atoms with Crippen molar-refractivity contribution in [1.82, 2.24) is 30.3 Å². The lowest BCUT2D eigenvalue weighted by molar-refractivity contribution is 0.0331. The first-order valence-electron chi connectivity index (χ1n) is 9.22. The van der Waals surface area contributed by atoms with E-state index < -0.39 is 0 Å². The van der Waals surface area contributed by atoms with Crippen molar-refractivity contribution in [2.45, 2.75) is 6.54 Å². The first-order chi connectivity index (χ1) is 13.8. The van der Waals surface area contributed by atoms with Gasteiger partial charge in [0.2, 0.25) is 0 Å². The zero-order chi connectivity index (χ0) is 18.9. The molecule has 1 aliphatic rings. The van der Waals surface area contributed by atoms with Crippen molar-refractivity contribution in [2.24, 2.45) is 0 Å². The Kier molecular flexibility index (Phi) is 4.34. The van der Waals surface area contributed by atoms with Crippen LogP contribution in [0.5, 0.6) is 0 Å². The van der Waals surface area contributed by atoms with Crippen molar-refractivity contribution in [2.75, 3.05) is 26.3 Å². The van der Waals surface area contributed by atoms with E-state index in [1.165, 1.54) is 12.1 Å². The van der Waals surface area contributed by atoms with E-state index in [0.29, 0.717) is 5.82 Å². The predicted molar refractivity (Wildman–Crippen MR) is 103 cm³/mol. The molecule has 8 heteroatoms. The minimum absolute atomic E-state index is 0.266. The van der Waals surface area contributed by atoms with Crippen LogP contribution in [0.1, 0.15) is 5.82 Å². The van der Waals surface area contributed by atoms with Crippen molar-refractivity contribution in [3.8, 4) is 22.6 Å². The number of aromatic nitrogens is 5. The highest BCUT2D eigenvalue weighted by Crippen LogP contribution is 2.29. The Balaban J connectivity index is 1.45. The van der Waals surface area contributed by atoms with E-state index >= 15 is 0 Å². The van der Waals surface area contributed by atoms with E-state index in [0.717, 1.165) is 66.4 Å². The van der Waals surface area contributed by atoms with Gasteiger partial charge in [0.05, 0.1) is 31.0 Å². The van der Waals surface area contributed by atoms with Crippen LogP contribution < -0.4 is 0 Å². The maximum absolute atomic E-state index is 13.2. The number of benzene rings is 2. The average Bonchev–Trinajstić information content (AvgIpc) is 3.36. The zero-order valence-corrected chi connectivity index (χ0v) is 15.2. The van der Waals surface area contributed by atoms with Crippen LogP contribution in [0.15, 0.2) is 42.5 Å². The van der Waals surface area contributed by atoms with Gasteiger partial charge in [-0.1, -0.05) is 0 Å². The Hall–Kier alpha value is -3.10. The molecule has 4 aromatic rings. The zero-order valence-electron chi connectivity index (χ0n) is 15.2. The quantitative estimate of drug-likeness (QED) is 0.570. The number of halogens is 1. The molecule has 0 radical (unpaired) electrons. The van der Waals surface area contributed by atoms with E-state index in [1.54, 1.807) is 12.1 Å². The molecule has 3 heterocycles. The molecule has 142 valence electrons. The summed E-state index contributed by atoms with van der Waals surface area (Å²) in [5.74, 6) is 1.22. The number of ether oxygens (including phenoxy) is 1. The van der Waals surface area contributed by atoms with Crippen molar-refractivity contribution in [1.29, 1.82) is 0 Å². The fraction of sp³-hybridized carbons (Fsp3) is 0.250. The maximum Gasteiger partial charge on any atom is 0.181 e. The van der Waals surface area contributed by atoms with Crippen molar-refractivity contribution in [3.05, 3.63) is 54.1 Å². The third-order valence-corrected chi connectivity index (χ3v) is 4.95. The summed E-state index contributed by atoms with van der Waals surface area (Å²) < 4.78 is 18.6. The molecule has 0 aliphatic carbocycles. The van der Waals surface area contributed by atoms with Crippen LogP contribution in [0.25, 0.3) is 33.5 Å². The first-order valence-corrected chi connectivity index (χ1v) is 9.22. The molecule has 5 rings (SSSR count). The summed E-state index contributed by atoms with van der Waals surface area (Å²) in [6.07, 6.45) is 0. The van der Waals surface area contributed by atoms with E-state index in [-0.39, 0.29) is 5.82 Å². The van der Waals surface area contributed by atoms with E-state index in [4.69, 9.17) is 4.74 Å². The number of hydrogen-bond acceptors (Lipinski definition) is 5. The fourth-order valence-electron chi connectivity index (χ4n) is 3.45. The van der Waals surface area contributed by atoms with Crippen molar-refractivity contribution in [3.63, 3.8) is 0 Å². The van der Waals surface area contributed by atoms with Crippen LogP contribution in [0.4, 0.5) is 4.39 Å². The van der Waals surface area contributed by atoms with Gasteiger partial charge in [0.25, 0.3) is 0 Å². The molecule has 2 aromatic heterocycles. The fourth-order valence-corrected chi connectivity index (χ4v) is 3.45. The van der Waals surface area contributed by atoms with E-state index in [1.807, 2.05) is 18.2 Å². The highest BCUT2D eigenvalue weighted by Gasteiger charge is 2.15. The standard InChI is InChI=1S/C20H19FN6O/c21-15-4-1-13(2-5-15)19-16-11-14(3-6-17(16)23-25-19)20-22-18(24-26-20)12-27-7-9-28-10-8-27/h1-6,11H,7-10,12H2,(H,23,25)(H,22,24,26). The summed E-state index contributed by atoms with van der Waals surface area (Å²) in [5.41, 5.74) is 3.45. The monoisotopic (exact) mass is 378 g/mol. The molecule has 2 N–H and O–H groups in total. The second-order valence-corrected chi connectivity index (χ2v) is 6.83. The second kappa shape index (κ2) is 7.14. The molecule has 1 fully saturated rings. The minimum Gasteiger partial charge on any atom is -0.379 e. The summed E-state index contributed by atoms with van der Waals surface area (Å²) >= 11 is 0. The van der Waals surface area contributed by atoms with Crippen LogP contribution in [-0.2, 0) is 11.3 Å². The molecule has 0 bridgehead atoms. The molecule has 0 atom stereocenters. The minimum atomic E-state index is -0.266. The normalized spacial score (nSPS) is 15.3. The number of nitrogens with zero attached hydrogens (tertiary/aromatic N) is 4. The molecule has 0 amide bonds. The third kappa shape index (κ3) is 3.28. The molecule has 0 spiro atoms. The van der Waals surface area contributed by atoms with Gasteiger partial charge in [-0.15, -0.1) is 0 Å². The lowest BCUT2D eigenvalue weighted by Gasteiger charge is -2.25. The molecular formula is C20H19FN6O. The maximum atomic E-state index is 13.2. The first kappa shape index (κ1) is 17.0. The van der Waals surface area contributed by atoms with Gasteiger partial charge in [-0.25, -0.2) is 9.37 Å². The van der Waals surface area contributed by atoms with Crippen LogP contribution in [0.2, 0.25) is 0 Å². The third-order valence-electron chi connectivity index (χ3n) is 4.95. The predicted octanol–water partition coefficient (Wildman–Crippen LogP) is 2.99. The van der Waals surface area contributed by atoms with Gasteiger partial charge in [0, 0.05) is 29.6 Å². The van der Waals surface area contributed by atoms with Gasteiger partial charge in [0.1, 0.15) is 11.6 Å². The molecule has 0 saturated carbocycles. The Morgan fingerprint density at radius 3 is 2.57 bits per heavy atom. The Labute approximate surface area is 160 Å². The molecule has 0 unspecified atom stereocenters. The van der Waals surface area contributed by atoms with Crippen LogP contribution in [-0.4, -0.2) is 56.6 Å². The van der Waals surface area contributed by atoms with Crippen molar-refractivity contribution < 1.29 is 9.13 Å². The summed E-state index contributed by atoms with van der Waals surface area (Å²) in [7, 11) is 0. The summed E-state index contributed by atoms with van der Waals surface area (Å²) in [4.78, 5) is 6.94. The summed E-state index contributed by atoms with van der Waals surface area (Å²) in [5, 5.41) is 15.8. The number of morpholine rings is 1. The van der Waals surface area contributed by atoms with Gasteiger partial charge in [-0.05, 0) is 42.5 Å². The Bertz CT molecular complexity index is 1100. The number of H-pyrrole nitrogens is 2. The lowest BCUT2D eigenvalue weighted by Crippen LogP contribution is -2.35. The van der Waals surface area contributed by atoms with Gasteiger partial charge < -0.3 is 4.74 Å². The van der Waals surface area contributed by atoms with Gasteiger partial charge in [0.15, 0.2) is 5.82 Å². The largest absolute Gasteiger partial charge is 0.379 e. The summed E-state index contributed by atoms with van der Waals surface area (Å²) in [6.45, 7) is 4.04. The molecule has 1 saturated heterocycles. The topological polar surface area (TPSA) is 82.7 Å². The summed E-state index contributed by atoms with van der Waals surface area (Å²) in [6, 6.07) is 12.3. The number of nitrogens with one attached hydrogen (secondary N) is 2. The SMILES string of the molecule is Fc1ccc(-c2n[nH]c3ccc(-c4n[nH]c(CN5CCOCC5)n4)cc23)cc1. The molecule has 2 aromatic carbocycles.